The average Bonchev–Trinajstić information content (AvgIpc) is 2.36. The van der Waals surface area contributed by atoms with Gasteiger partial charge in [-0.2, -0.15) is 0 Å². The van der Waals surface area contributed by atoms with Gasteiger partial charge in [0.2, 0.25) is 0 Å². The third-order valence-corrected chi connectivity index (χ3v) is 4.30. The Morgan fingerprint density at radius 3 is 2.58 bits per heavy atom. The molecule has 1 fully saturated rings. The van der Waals surface area contributed by atoms with E-state index in [-0.39, 0.29) is 0 Å². The number of nitrogens with one attached hydrogen (secondary N) is 1. The summed E-state index contributed by atoms with van der Waals surface area (Å²) in [5, 5.41) is 3.54. The van der Waals surface area contributed by atoms with Crippen molar-refractivity contribution in [3.63, 3.8) is 0 Å². The largest absolute Gasteiger partial charge is 0.381 e. The zero-order valence-corrected chi connectivity index (χ0v) is 13.7. The summed E-state index contributed by atoms with van der Waals surface area (Å²) in [6.45, 7) is 14.3. The van der Waals surface area contributed by atoms with Crippen LogP contribution in [0.3, 0.4) is 0 Å². The molecule has 1 rings (SSSR count). The highest BCUT2D eigenvalue weighted by atomic mass is 16.5. The van der Waals surface area contributed by atoms with E-state index in [1.165, 1.54) is 19.3 Å². The lowest BCUT2D eigenvalue weighted by molar-refractivity contribution is -0.0281. The van der Waals surface area contributed by atoms with Crippen molar-refractivity contribution in [1.29, 1.82) is 0 Å². The number of ether oxygens (including phenoxy) is 1. The van der Waals surface area contributed by atoms with Crippen molar-refractivity contribution in [3.8, 4) is 0 Å². The van der Waals surface area contributed by atoms with Gasteiger partial charge in [-0.15, -0.1) is 0 Å². The molecule has 1 saturated heterocycles. The molecule has 0 spiro atoms. The lowest BCUT2D eigenvalue weighted by Crippen LogP contribution is -2.50. The molecule has 114 valence electrons. The lowest BCUT2D eigenvalue weighted by Gasteiger charge is -2.42. The van der Waals surface area contributed by atoms with Gasteiger partial charge in [0, 0.05) is 31.2 Å². The maximum atomic E-state index is 5.78. The first-order valence-corrected chi connectivity index (χ1v) is 7.98. The summed E-state index contributed by atoms with van der Waals surface area (Å²) in [5.41, 5.74) is 0.314. The van der Waals surface area contributed by atoms with Crippen molar-refractivity contribution >= 4 is 0 Å². The second kappa shape index (κ2) is 8.23. The molecule has 1 heterocycles. The van der Waals surface area contributed by atoms with Crippen LogP contribution in [0.4, 0.5) is 0 Å². The van der Waals surface area contributed by atoms with Gasteiger partial charge in [-0.05, 0) is 45.7 Å². The number of rotatable bonds is 8. The fraction of sp³-hybridized carbons (Fsp3) is 1.00. The number of nitrogens with zero attached hydrogens (tertiary/aromatic N) is 1. The Bertz CT molecular complexity index is 237. The fourth-order valence-electron chi connectivity index (χ4n) is 3.17. The van der Waals surface area contributed by atoms with Gasteiger partial charge >= 0.3 is 0 Å². The molecule has 0 aromatic carbocycles. The third-order valence-electron chi connectivity index (χ3n) is 4.30. The average molecular weight is 270 g/mol. The first-order valence-electron chi connectivity index (χ1n) is 7.98. The first-order chi connectivity index (χ1) is 8.99. The monoisotopic (exact) mass is 270 g/mol. The molecule has 0 aromatic heterocycles. The maximum absolute atomic E-state index is 5.78. The lowest BCUT2D eigenvalue weighted by atomic mass is 9.81. The van der Waals surface area contributed by atoms with E-state index >= 15 is 0 Å². The topological polar surface area (TPSA) is 24.5 Å². The second-order valence-electron chi connectivity index (χ2n) is 6.83. The normalized spacial score (nSPS) is 26.1. The van der Waals surface area contributed by atoms with Gasteiger partial charge in [-0.3, -0.25) is 0 Å². The molecule has 3 nitrogen and oxygen atoms in total. The van der Waals surface area contributed by atoms with Crippen molar-refractivity contribution < 1.29 is 4.74 Å². The highest BCUT2D eigenvalue weighted by Gasteiger charge is 2.34. The van der Waals surface area contributed by atoms with Crippen LogP contribution in [-0.2, 0) is 4.74 Å². The molecule has 2 atom stereocenters. The standard InChI is InChI=1S/C16H34N2O/c1-6-17-11-16(8-7-9-19-13-16)12-18(5)15(4)10-14(2)3/h14-15,17H,6-13H2,1-5H3. The Morgan fingerprint density at radius 1 is 1.32 bits per heavy atom. The van der Waals surface area contributed by atoms with Crippen molar-refractivity contribution in [2.45, 2.75) is 53.0 Å². The van der Waals surface area contributed by atoms with E-state index in [0.29, 0.717) is 11.5 Å². The summed E-state index contributed by atoms with van der Waals surface area (Å²) in [4.78, 5) is 2.53. The predicted octanol–water partition coefficient (Wildman–Crippen LogP) is 2.76. The molecule has 0 bridgehead atoms. The quantitative estimate of drug-likeness (QED) is 0.734. The molecule has 1 aliphatic rings. The highest BCUT2D eigenvalue weighted by molar-refractivity contribution is 4.87. The minimum atomic E-state index is 0.314. The van der Waals surface area contributed by atoms with E-state index in [4.69, 9.17) is 4.74 Å². The fourth-order valence-corrected chi connectivity index (χ4v) is 3.17. The van der Waals surface area contributed by atoms with Gasteiger partial charge in [0.25, 0.3) is 0 Å². The smallest absolute Gasteiger partial charge is 0.0546 e. The van der Waals surface area contributed by atoms with Gasteiger partial charge in [-0.1, -0.05) is 20.8 Å². The van der Waals surface area contributed by atoms with E-state index in [1.54, 1.807) is 0 Å². The molecule has 0 saturated carbocycles. The Labute approximate surface area is 120 Å². The van der Waals surface area contributed by atoms with Crippen LogP contribution in [0.15, 0.2) is 0 Å². The number of hydrogen-bond acceptors (Lipinski definition) is 3. The maximum Gasteiger partial charge on any atom is 0.0546 e. The van der Waals surface area contributed by atoms with E-state index in [0.717, 1.165) is 38.8 Å². The van der Waals surface area contributed by atoms with Gasteiger partial charge in [0.1, 0.15) is 0 Å². The summed E-state index contributed by atoms with van der Waals surface area (Å²) < 4.78 is 5.78. The molecule has 19 heavy (non-hydrogen) atoms. The van der Waals surface area contributed by atoms with E-state index in [2.05, 4.69) is 45.0 Å². The van der Waals surface area contributed by atoms with Crippen LogP contribution in [0.5, 0.6) is 0 Å². The molecular weight excluding hydrogens is 236 g/mol. The molecule has 3 heteroatoms. The van der Waals surface area contributed by atoms with Crippen LogP contribution in [0.1, 0.15) is 47.0 Å². The zero-order chi connectivity index (χ0) is 14.3. The second-order valence-corrected chi connectivity index (χ2v) is 6.83. The third kappa shape index (κ3) is 5.80. The Kier molecular flexibility index (Phi) is 7.33. The number of hydrogen-bond donors (Lipinski definition) is 1. The minimum Gasteiger partial charge on any atom is -0.381 e. The van der Waals surface area contributed by atoms with Gasteiger partial charge in [0.05, 0.1) is 6.61 Å². The Morgan fingerprint density at radius 2 is 2.05 bits per heavy atom. The molecule has 0 amide bonds. The summed E-state index contributed by atoms with van der Waals surface area (Å²) in [6.07, 6.45) is 3.77. The molecular formula is C16H34N2O. The zero-order valence-electron chi connectivity index (χ0n) is 13.7. The van der Waals surface area contributed by atoms with E-state index in [1.807, 2.05) is 0 Å². The van der Waals surface area contributed by atoms with Gasteiger partial charge < -0.3 is 15.0 Å². The van der Waals surface area contributed by atoms with Gasteiger partial charge in [0.15, 0.2) is 0 Å². The summed E-state index contributed by atoms with van der Waals surface area (Å²) in [7, 11) is 2.27. The Hall–Kier alpha value is -0.120. The van der Waals surface area contributed by atoms with Crippen LogP contribution in [-0.4, -0.2) is 50.8 Å². The van der Waals surface area contributed by atoms with Crippen LogP contribution >= 0.6 is 0 Å². The first kappa shape index (κ1) is 16.9. The SMILES string of the molecule is CCNCC1(CN(C)C(C)CC(C)C)CCCOC1. The summed E-state index contributed by atoms with van der Waals surface area (Å²) in [6, 6.07) is 0.653. The van der Waals surface area contributed by atoms with Crippen LogP contribution in [0.25, 0.3) is 0 Å². The van der Waals surface area contributed by atoms with E-state index < -0.39 is 0 Å². The predicted molar refractivity (Wildman–Crippen MR) is 82.6 cm³/mol. The highest BCUT2D eigenvalue weighted by Crippen LogP contribution is 2.30. The molecule has 1 aliphatic heterocycles. The van der Waals surface area contributed by atoms with Crippen molar-refractivity contribution in [2.75, 3.05) is 39.9 Å². The molecule has 0 aromatic rings. The Balaban J connectivity index is 2.55. The van der Waals surface area contributed by atoms with Gasteiger partial charge in [-0.25, -0.2) is 0 Å². The van der Waals surface area contributed by atoms with Crippen LogP contribution in [0.2, 0.25) is 0 Å². The van der Waals surface area contributed by atoms with Crippen LogP contribution in [0, 0.1) is 11.3 Å². The molecule has 0 aliphatic carbocycles. The van der Waals surface area contributed by atoms with Crippen LogP contribution < -0.4 is 5.32 Å². The van der Waals surface area contributed by atoms with Crippen molar-refractivity contribution in [3.05, 3.63) is 0 Å². The van der Waals surface area contributed by atoms with Crippen molar-refractivity contribution in [1.82, 2.24) is 10.2 Å². The summed E-state index contributed by atoms with van der Waals surface area (Å²) >= 11 is 0. The molecule has 0 radical (unpaired) electrons. The molecule has 2 unspecified atom stereocenters. The minimum absolute atomic E-state index is 0.314. The van der Waals surface area contributed by atoms with E-state index in [9.17, 15) is 0 Å². The molecule has 1 N–H and O–H groups in total. The van der Waals surface area contributed by atoms with Crippen molar-refractivity contribution in [2.24, 2.45) is 11.3 Å². The summed E-state index contributed by atoms with van der Waals surface area (Å²) in [5.74, 6) is 0.768.